The highest BCUT2D eigenvalue weighted by molar-refractivity contribution is 7.89. The number of nitrogens with one attached hydrogen (secondary N) is 2. The van der Waals surface area contributed by atoms with Crippen molar-refractivity contribution < 1.29 is 17.9 Å². The molecule has 9 nitrogen and oxygen atoms in total. The highest BCUT2D eigenvalue weighted by Crippen LogP contribution is 2.15. The lowest BCUT2D eigenvalue weighted by atomic mass is 10.2. The van der Waals surface area contributed by atoms with E-state index in [0.29, 0.717) is 17.5 Å². The molecule has 2 heterocycles. The summed E-state index contributed by atoms with van der Waals surface area (Å²) in [5.74, 6) is -0.634. The van der Waals surface area contributed by atoms with E-state index in [1.165, 1.54) is 30.6 Å². The van der Waals surface area contributed by atoms with Crippen molar-refractivity contribution in [2.24, 2.45) is 0 Å². The topological polar surface area (TPSA) is 119 Å². The molecular formula is C20H20N4O5S. The molecule has 0 saturated carbocycles. The van der Waals surface area contributed by atoms with Crippen LogP contribution >= 0.6 is 0 Å². The molecule has 4 rings (SSSR count). The Labute approximate surface area is 172 Å². The molecule has 1 atom stereocenters. The van der Waals surface area contributed by atoms with Gasteiger partial charge in [0, 0.05) is 18.7 Å². The van der Waals surface area contributed by atoms with E-state index in [-0.39, 0.29) is 23.1 Å². The zero-order chi connectivity index (χ0) is 21.1. The number of rotatable bonds is 6. The maximum absolute atomic E-state index is 12.6. The molecular weight excluding hydrogens is 408 g/mol. The zero-order valence-corrected chi connectivity index (χ0v) is 16.8. The molecule has 1 amide bonds. The molecule has 1 aliphatic heterocycles. The Morgan fingerprint density at radius 2 is 2.03 bits per heavy atom. The van der Waals surface area contributed by atoms with Crippen LogP contribution in [0, 0.1) is 0 Å². The summed E-state index contributed by atoms with van der Waals surface area (Å²) in [7, 11) is -3.80. The number of ether oxygens (including phenoxy) is 1. The Morgan fingerprint density at radius 3 is 2.83 bits per heavy atom. The fraction of sp³-hybridized carbons (Fsp3) is 0.250. The number of aromatic nitrogens is 2. The predicted octanol–water partition coefficient (Wildman–Crippen LogP) is 1.24. The molecule has 2 aromatic carbocycles. The Balaban J connectivity index is 1.52. The van der Waals surface area contributed by atoms with Gasteiger partial charge in [-0.15, -0.1) is 0 Å². The second-order valence-electron chi connectivity index (χ2n) is 6.89. The molecule has 1 saturated heterocycles. The number of carbonyl (C=O) groups excluding carboxylic acids is 1. The van der Waals surface area contributed by atoms with E-state index < -0.39 is 21.5 Å². The number of carbonyl (C=O) groups is 1. The number of hydrogen-bond acceptors (Lipinski definition) is 6. The third-order valence-electron chi connectivity index (χ3n) is 4.82. The van der Waals surface area contributed by atoms with Gasteiger partial charge < -0.3 is 4.74 Å². The van der Waals surface area contributed by atoms with Crippen LogP contribution in [0.5, 0.6) is 0 Å². The Bertz CT molecular complexity index is 1250. The van der Waals surface area contributed by atoms with E-state index in [4.69, 9.17) is 4.74 Å². The van der Waals surface area contributed by atoms with Crippen molar-refractivity contribution in [2.75, 3.05) is 18.6 Å². The van der Waals surface area contributed by atoms with Crippen molar-refractivity contribution in [3.05, 3.63) is 70.8 Å². The monoisotopic (exact) mass is 428 g/mol. The molecule has 3 aromatic rings. The van der Waals surface area contributed by atoms with Gasteiger partial charge in [0.05, 0.1) is 21.9 Å². The van der Waals surface area contributed by atoms with Crippen LogP contribution in [0.25, 0.3) is 10.9 Å². The van der Waals surface area contributed by atoms with Crippen molar-refractivity contribution >= 4 is 26.8 Å². The summed E-state index contributed by atoms with van der Waals surface area (Å²) in [6.07, 6.45) is 2.79. The third kappa shape index (κ3) is 4.25. The quantitative estimate of drug-likeness (QED) is 0.610. The van der Waals surface area contributed by atoms with Crippen LogP contribution in [-0.4, -0.2) is 43.2 Å². The van der Waals surface area contributed by atoms with E-state index in [1.807, 2.05) is 0 Å². The Hall–Kier alpha value is -3.08. The molecule has 2 N–H and O–H groups in total. The second-order valence-corrected chi connectivity index (χ2v) is 8.66. The SMILES string of the molecule is O=C(Nn1cnc2ccccc2c1=O)c1cccc(S(=O)(=O)NCC2CCCO2)c1. The highest BCUT2D eigenvalue weighted by atomic mass is 32.2. The lowest BCUT2D eigenvalue weighted by Crippen LogP contribution is -2.34. The number of amides is 1. The molecule has 10 heteroatoms. The average Bonchev–Trinajstić information content (AvgIpc) is 3.28. The first-order valence-corrected chi connectivity index (χ1v) is 10.9. The van der Waals surface area contributed by atoms with Gasteiger partial charge in [-0.2, -0.15) is 0 Å². The summed E-state index contributed by atoms with van der Waals surface area (Å²) < 4.78 is 34.0. The summed E-state index contributed by atoms with van der Waals surface area (Å²) in [4.78, 5) is 29.2. The smallest absolute Gasteiger partial charge is 0.280 e. The average molecular weight is 428 g/mol. The summed E-state index contributed by atoms with van der Waals surface area (Å²) in [6.45, 7) is 0.807. The fourth-order valence-electron chi connectivity index (χ4n) is 3.22. The number of para-hydroxylation sites is 1. The van der Waals surface area contributed by atoms with Crippen LogP contribution in [0.2, 0.25) is 0 Å². The van der Waals surface area contributed by atoms with Crippen molar-refractivity contribution in [1.82, 2.24) is 14.4 Å². The van der Waals surface area contributed by atoms with Crippen LogP contribution in [0.3, 0.4) is 0 Å². The van der Waals surface area contributed by atoms with Crippen LogP contribution in [0.4, 0.5) is 0 Å². The molecule has 30 heavy (non-hydrogen) atoms. The third-order valence-corrected chi connectivity index (χ3v) is 6.24. The maximum atomic E-state index is 12.6. The lowest BCUT2D eigenvalue weighted by Gasteiger charge is -2.12. The summed E-state index contributed by atoms with van der Waals surface area (Å²) in [6, 6.07) is 12.4. The molecule has 0 aliphatic carbocycles. The minimum Gasteiger partial charge on any atom is -0.377 e. The van der Waals surface area contributed by atoms with Gasteiger partial charge in [0.25, 0.3) is 11.5 Å². The predicted molar refractivity (Wildman–Crippen MR) is 110 cm³/mol. The second kappa shape index (κ2) is 8.34. The molecule has 1 unspecified atom stereocenters. The van der Waals surface area contributed by atoms with Crippen LogP contribution in [0.15, 0.2) is 64.5 Å². The van der Waals surface area contributed by atoms with Gasteiger partial charge in [0.1, 0.15) is 6.33 Å². The first kappa shape index (κ1) is 20.2. The number of fused-ring (bicyclic) bond motifs is 1. The summed E-state index contributed by atoms with van der Waals surface area (Å²) in [5.41, 5.74) is 2.61. The molecule has 0 bridgehead atoms. The molecule has 0 spiro atoms. The van der Waals surface area contributed by atoms with Crippen molar-refractivity contribution in [2.45, 2.75) is 23.8 Å². The number of sulfonamides is 1. The summed E-state index contributed by atoms with van der Waals surface area (Å²) in [5, 5.41) is 0.356. The van der Waals surface area contributed by atoms with Crippen LogP contribution in [0.1, 0.15) is 23.2 Å². The van der Waals surface area contributed by atoms with E-state index in [1.54, 1.807) is 24.3 Å². The van der Waals surface area contributed by atoms with Crippen LogP contribution < -0.4 is 15.7 Å². The molecule has 1 aromatic heterocycles. The van der Waals surface area contributed by atoms with Crippen LogP contribution in [-0.2, 0) is 14.8 Å². The minimum atomic E-state index is -3.80. The molecule has 0 radical (unpaired) electrons. The number of hydrogen-bond donors (Lipinski definition) is 2. The van der Waals surface area contributed by atoms with Gasteiger partial charge in [0.15, 0.2) is 0 Å². The highest BCUT2D eigenvalue weighted by Gasteiger charge is 2.21. The summed E-state index contributed by atoms with van der Waals surface area (Å²) >= 11 is 0. The van der Waals surface area contributed by atoms with Gasteiger partial charge in [-0.25, -0.2) is 22.8 Å². The van der Waals surface area contributed by atoms with Gasteiger partial charge in [-0.3, -0.25) is 15.0 Å². The van der Waals surface area contributed by atoms with E-state index in [2.05, 4.69) is 15.1 Å². The maximum Gasteiger partial charge on any atom is 0.280 e. The number of nitrogens with zero attached hydrogens (tertiary/aromatic N) is 2. The minimum absolute atomic E-state index is 0.0443. The van der Waals surface area contributed by atoms with Gasteiger partial charge in [-0.05, 0) is 43.2 Å². The van der Waals surface area contributed by atoms with E-state index in [0.717, 1.165) is 17.5 Å². The van der Waals surface area contributed by atoms with Gasteiger partial charge >= 0.3 is 0 Å². The van der Waals surface area contributed by atoms with Gasteiger partial charge in [-0.1, -0.05) is 18.2 Å². The van der Waals surface area contributed by atoms with Crippen molar-refractivity contribution in [3.63, 3.8) is 0 Å². The normalized spacial score (nSPS) is 16.6. The molecule has 1 aliphatic rings. The Morgan fingerprint density at radius 1 is 1.20 bits per heavy atom. The zero-order valence-electron chi connectivity index (χ0n) is 15.9. The number of benzene rings is 2. The van der Waals surface area contributed by atoms with Crippen molar-refractivity contribution in [3.8, 4) is 0 Å². The Kier molecular flexibility index (Phi) is 5.62. The first-order valence-electron chi connectivity index (χ1n) is 9.43. The van der Waals surface area contributed by atoms with Gasteiger partial charge in [0.2, 0.25) is 10.0 Å². The molecule has 156 valence electrons. The van der Waals surface area contributed by atoms with E-state index in [9.17, 15) is 18.0 Å². The van der Waals surface area contributed by atoms with Crippen molar-refractivity contribution in [1.29, 1.82) is 0 Å². The lowest BCUT2D eigenvalue weighted by molar-refractivity contribution is 0.101. The van der Waals surface area contributed by atoms with E-state index >= 15 is 0 Å². The standard InChI is InChI=1S/C20H20N4O5S/c25-19(23-24-13-21-18-9-2-1-8-17(18)20(24)26)14-5-3-7-16(11-14)30(27,28)22-12-15-6-4-10-29-15/h1-3,5,7-9,11,13,15,22H,4,6,10,12H2,(H,23,25). The molecule has 1 fully saturated rings. The largest absolute Gasteiger partial charge is 0.377 e. The first-order chi connectivity index (χ1) is 14.4. The fourth-order valence-corrected chi connectivity index (χ4v) is 4.33.